The number of aryl methyl sites for hydroxylation is 1. The molecule has 0 heterocycles. The van der Waals surface area contributed by atoms with Gasteiger partial charge in [-0.3, -0.25) is 14.4 Å². The van der Waals surface area contributed by atoms with Gasteiger partial charge < -0.3 is 24.8 Å². The van der Waals surface area contributed by atoms with Crippen molar-refractivity contribution in [2.75, 3.05) is 32.7 Å². The first kappa shape index (κ1) is 21.7. The van der Waals surface area contributed by atoms with Crippen LogP contribution in [-0.4, -0.2) is 45.2 Å². The third-order valence-corrected chi connectivity index (χ3v) is 4.02. The van der Waals surface area contributed by atoms with Crippen molar-refractivity contribution in [3.63, 3.8) is 0 Å². The molecule has 0 atom stereocenters. The Morgan fingerprint density at radius 3 is 2.10 bits per heavy atom. The van der Waals surface area contributed by atoms with Crippen molar-refractivity contribution >= 4 is 23.5 Å². The van der Waals surface area contributed by atoms with Crippen LogP contribution in [0, 0.1) is 0 Å². The van der Waals surface area contributed by atoms with Gasteiger partial charge in [-0.25, -0.2) is 0 Å². The van der Waals surface area contributed by atoms with Gasteiger partial charge in [0.1, 0.15) is 18.0 Å². The predicted octanol–water partition coefficient (Wildman–Crippen LogP) is 2.18. The molecule has 0 unspecified atom stereocenters. The van der Waals surface area contributed by atoms with E-state index in [1.54, 1.807) is 18.2 Å². The number of ether oxygens (including phenoxy) is 3. The van der Waals surface area contributed by atoms with Gasteiger partial charge in [0.05, 0.1) is 14.2 Å². The highest BCUT2D eigenvalue weighted by molar-refractivity contribution is 5.97. The number of carbonyl (C=O) groups is 3. The normalized spacial score (nSPS) is 10.0. The molecule has 0 fully saturated rings. The highest BCUT2D eigenvalue weighted by Crippen LogP contribution is 2.22. The van der Waals surface area contributed by atoms with E-state index in [4.69, 9.17) is 14.2 Å². The molecule has 0 aliphatic rings. The predicted molar refractivity (Wildman–Crippen MR) is 107 cm³/mol. The molecular formula is C21H24N2O6. The minimum Gasteiger partial charge on any atom is -0.497 e. The molecular weight excluding hydrogens is 376 g/mol. The zero-order valence-corrected chi connectivity index (χ0v) is 16.6. The molecule has 0 bridgehead atoms. The summed E-state index contributed by atoms with van der Waals surface area (Å²) in [7, 11) is 2.94. The van der Waals surface area contributed by atoms with Gasteiger partial charge in [0.2, 0.25) is 0 Å². The number of anilines is 1. The summed E-state index contributed by atoms with van der Waals surface area (Å²) in [6.07, 6.45) is 0.903. The van der Waals surface area contributed by atoms with E-state index in [1.807, 2.05) is 19.1 Å². The molecule has 8 heteroatoms. The first-order valence-corrected chi connectivity index (χ1v) is 9.00. The van der Waals surface area contributed by atoms with Gasteiger partial charge in [0.25, 0.3) is 11.8 Å². The van der Waals surface area contributed by atoms with Crippen molar-refractivity contribution in [2.45, 2.75) is 13.3 Å². The van der Waals surface area contributed by atoms with Crippen molar-refractivity contribution in [3.8, 4) is 11.5 Å². The van der Waals surface area contributed by atoms with Crippen LogP contribution in [0.5, 0.6) is 11.5 Å². The van der Waals surface area contributed by atoms with Gasteiger partial charge in [-0.15, -0.1) is 0 Å². The van der Waals surface area contributed by atoms with Crippen molar-refractivity contribution in [3.05, 3.63) is 53.6 Å². The van der Waals surface area contributed by atoms with Crippen LogP contribution in [0.1, 0.15) is 22.8 Å². The van der Waals surface area contributed by atoms with E-state index < -0.39 is 24.4 Å². The lowest BCUT2D eigenvalue weighted by Gasteiger charge is -2.10. The molecule has 0 aliphatic carbocycles. The topological polar surface area (TPSA) is 103 Å². The molecule has 29 heavy (non-hydrogen) atoms. The van der Waals surface area contributed by atoms with E-state index in [9.17, 15) is 14.4 Å². The number of carbonyl (C=O) groups excluding carboxylic acids is 3. The molecule has 2 aromatic rings. The quantitative estimate of drug-likeness (QED) is 0.626. The number of nitrogens with one attached hydrogen (secondary N) is 2. The maximum atomic E-state index is 12.2. The minimum atomic E-state index is -0.732. The lowest BCUT2D eigenvalue weighted by Crippen LogP contribution is -2.32. The SMILES string of the molecule is CCc1ccc(NC(=O)COC(=O)CNC(=O)c2cc(OC)cc(OC)c2)cc1. The van der Waals surface area contributed by atoms with Crippen LogP contribution < -0.4 is 20.1 Å². The third-order valence-electron chi connectivity index (χ3n) is 4.02. The number of hydrogen-bond acceptors (Lipinski definition) is 6. The zero-order chi connectivity index (χ0) is 21.2. The Balaban J connectivity index is 1.78. The number of hydrogen-bond donors (Lipinski definition) is 2. The van der Waals surface area contributed by atoms with Gasteiger partial charge in [-0.2, -0.15) is 0 Å². The molecule has 0 spiro atoms. The number of benzene rings is 2. The average molecular weight is 400 g/mol. The largest absolute Gasteiger partial charge is 0.497 e. The van der Waals surface area contributed by atoms with Crippen LogP contribution in [0.15, 0.2) is 42.5 Å². The molecule has 2 N–H and O–H groups in total. The molecule has 0 saturated carbocycles. The highest BCUT2D eigenvalue weighted by atomic mass is 16.5. The van der Waals surface area contributed by atoms with E-state index in [0.717, 1.165) is 12.0 Å². The van der Waals surface area contributed by atoms with Crippen LogP contribution >= 0.6 is 0 Å². The Morgan fingerprint density at radius 2 is 1.55 bits per heavy atom. The van der Waals surface area contributed by atoms with Gasteiger partial charge in [-0.05, 0) is 36.2 Å². The van der Waals surface area contributed by atoms with Crippen LogP contribution in [-0.2, 0) is 20.7 Å². The lowest BCUT2D eigenvalue weighted by molar-refractivity contribution is -0.146. The molecule has 154 valence electrons. The van der Waals surface area contributed by atoms with Crippen molar-refractivity contribution < 1.29 is 28.6 Å². The standard InChI is InChI=1S/C21H24N2O6/c1-4-14-5-7-16(8-6-14)23-19(24)13-29-20(25)12-22-21(26)15-9-17(27-2)11-18(10-15)28-3/h5-11H,4,12-13H2,1-3H3,(H,22,26)(H,23,24). The highest BCUT2D eigenvalue weighted by Gasteiger charge is 2.13. The molecule has 0 aliphatic heterocycles. The van der Waals surface area contributed by atoms with Gasteiger partial charge in [0, 0.05) is 17.3 Å². The lowest BCUT2D eigenvalue weighted by atomic mass is 10.1. The number of rotatable bonds is 9. The summed E-state index contributed by atoms with van der Waals surface area (Å²) < 4.78 is 15.1. The molecule has 2 amide bonds. The Kier molecular flexibility index (Phi) is 8.02. The zero-order valence-electron chi connectivity index (χ0n) is 16.6. The Hall–Kier alpha value is -3.55. The van der Waals surface area contributed by atoms with E-state index in [-0.39, 0.29) is 12.1 Å². The van der Waals surface area contributed by atoms with Gasteiger partial charge in [0.15, 0.2) is 6.61 Å². The second-order valence-electron chi connectivity index (χ2n) is 6.04. The molecule has 0 saturated heterocycles. The summed E-state index contributed by atoms with van der Waals surface area (Å²) in [6, 6.07) is 12.0. The molecule has 2 aromatic carbocycles. The Morgan fingerprint density at radius 1 is 0.931 bits per heavy atom. The van der Waals surface area contributed by atoms with Crippen molar-refractivity contribution in [2.24, 2.45) is 0 Å². The fourth-order valence-corrected chi connectivity index (χ4v) is 2.41. The monoisotopic (exact) mass is 400 g/mol. The Bertz CT molecular complexity index is 842. The van der Waals surface area contributed by atoms with Crippen LogP contribution in [0.3, 0.4) is 0 Å². The van der Waals surface area contributed by atoms with Crippen LogP contribution in [0.25, 0.3) is 0 Å². The molecule has 8 nitrogen and oxygen atoms in total. The number of amides is 2. The smallest absolute Gasteiger partial charge is 0.325 e. The third kappa shape index (κ3) is 6.84. The second kappa shape index (κ2) is 10.7. The molecule has 0 aromatic heterocycles. The van der Waals surface area contributed by atoms with Gasteiger partial charge in [-0.1, -0.05) is 19.1 Å². The fraction of sp³-hybridized carbons (Fsp3) is 0.286. The number of methoxy groups -OCH3 is 2. The molecule has 0 radical (unpaired) electrons. The van der Waals surface area contributed by atoms with Crippen molar-refractivity contribution in [1.29, 1.82) is 0 Å². The van der Waals surface area contributed by atoms with E-state index in [2.05, 4.69) is 10.6 Å². The summed E-state index contributed by atoms with van der Waals surface area (Å²) in [5.74, 6) is -0.808. The van der Waals surface area contributed by atoms with Crippen molar-refractivity contribution in [1.82, 2.24) is 5.32 Å². The summed E-state index contributed by atoms with van der Waals surface area (Å²) >= 11 is 0. The first-order chi connectivity index (χ1) is 13.9. The fourth-order valence-electron chi connectivity index (χ4n) is 2.41. The minimum absolute atomic E-state index is 0.266. The maximum Gasteiger partial charge on any atom is 0.325 e. The maximum absolute atomic E-state index is 12.2. The second-order valence-corrected chi connectivity index (χ2v) is 6.04. The molecule has 2 rings (SSSR count). The summed E-state index contributed by atoms with van der Waals surface area (Å²) in [4.78, 5) is 35.9. The van der Waals surface area contributed by atoms with E-state index in [0.29, 0.717) is 17.2 Å². The average Bonchev–Trinajstić information content (AvgIpc) is 2.76. The van der Waals surface area contributed by atoms with E-state index >= 15 is 0 Å². The first-order valence-electron chi connectivity index (χ1n) is 9.00. The summed E-state index contributed by atoms with van der Waals surface area (Å²) in [5.41, 5.74) is 2.03. The number of esters is 1. The summed E-state index contributed by atoms with van der Waals surface area (Å²) in [5, 5.41) is 5.06. The summed E-state index contributed by atoms with van der Waals surface area (Å²) in [6.45, 7) is 1.21. The Labute approximate surface area is 169 Å². The van der Waals surface area contributed by atoms with Crippen LogP contribution in [0.4, 0.5) is 5.69 Å². The van der Waals surface area contributed by atoms with Crippen LogP contribution in [0.2, 0.25) is 0 Å². The van der Waals surface area contributed by atoms with E-state index in [1.165, 1.54) is 26.4 Å². The van der Waals surface area contributed by atoms with Gasteiger partial charge >= 0.3 is 5.97 Å².